The molecule has 0 aromatic heterocycles. The fraction of sp³-hybridized carbons (Fsp3) is 1.00. The van der Waals surface area contributed by atoms with Gasteiger partial charge in [0.15, 0.2) is 0 Å². The van der Waals surface area contributed by atoms with Gasteiger partial charge in [-0.05, 0) is 26.7 Å². The van der Waals surface area contributed by atoms with Crippen LogP contribution in [0.2, 0.25) is 0 Å². The van der Waals surface area contributed by atoms with Crippen LogP contribution in [0.5, 0.6) is 0 Å². The zero-order valence-corrected chi connectivity index (χ0v) is 10.7. The van der Waals surface area contributed by atoms with Gasteiger partial charge in [-0.25, -0.2) is 0 Å². The number of aliphatic hydroxyl groups is 1. The Kier molecular flexibility index (Phi) is 3.88. The molecule has 0 spiro atoms. The van der Waals surface area contributed by atoms with Crippen molar-refractivity contribution in [3.63, 3.8) is 0 Å². The van der Waals surface area contributed by atoms with Gasteiger partial charge in [0, 0.05) is 30.7 Å². The van der Waals surface area contributed by atoms with E-state index in [2.05, 4.69) is 24.1 Å². The van der Waals surface area contributed by atoms with Crippen molar-refractivity contribution in [1.82, 2.24) is 10.2 Å². The Hall–Kier alpha value is -0.120. The van der Waals surface area contributed by atoms with Crippen LogP contribution in [0.3, 0.4) is 0 Å². The van der Waals surface area contributed by atoms with Crippen molar-refractivity contribution in [3.05, 3.63) is 0 Å². The van der Waals surface area contributed by atoms with E-state index in [4.69, 9.17) is 0 Å². The lowest BCUT2D eigenvalue weighted by atomic mass is 9.87. The van der Waals surface area contributed by atoms with Gasteiger partial charge in [-0.1, -0.05) is 19.3 Å². The first-order chi connectivity index (χ1) is 7.65. The minimum atomic E-state index is 0.188. The summed E-state index contributed by atoms with van der Waals surface area (Å²) in [6.45, 7) is 6.87. The van der Waals surface area contributed by atoms with Crippen molar-refractivity contribution in [3.8, 4) is 0 Å². The number of rotatable bonds is 2. The third-order valence-corrected chi connectivity index (χ3v) is 4.21. The maximum absolute atomic E-state index is 9.54. The molecule has 0 aromatic rings. The van der Waals surface area contributed by atoms with E-state index in [1.165, 1.54) is 32.1 Å². The molecule has 0 bridgehead atoms. The van der Waals surface area contributed by atoms with Crippen LogP contribution in [0.1, 0.15) is 46.0 Å². The summed E-state index contributed by atoms with van der Waals surface area (Å²) in [5, 5.41) is 13.0. The quantitative estimate of drug-likeness (QED) is 0.746. The van der Waals surface area contributed by atoms with Gasteiger partial charge in [0.1, 0.15) is 0 Å². The highest BCUT2D eigenvalue weighted by Gasteiger charge is 2.40. The van der Waals surface area contributed by atoms with Crippen LogP contribution in [0.4, 0.5) is 0 Å². The van der Waals surface area contributed by atoms with Gasteiger partial charge in [0.25, 0.3) is 0 Å². The lowest BCUT2D eigenvalue weighted by Crippen LogP contribution is -2.67. The van der Waals surface area contributed by atoms with Gasteiger partial charge in [-0.3, -0.25) is 4.90 Å². The first-order valence-corrected chi connectivity index (χ1v) is 6.75. The van der Waals surface area contributed by atoms with Gasteiger partial charge in [0.05, 0.1) is 6.61 Å². The SMILES string of the molecule is CC1(C)CNCC(CO)N1C1CCCCC1. The summed E-state index contributed by atoms with van der Waals surface area (Å²) in [7, 11) is 0. The minimum absolute atomic E-state index is 0.188. The first kappa shape index (κ1) is 12.3. The molecule has 16 heavy (non-hydrogen) atoms. The molecule has 0 amide bonds. The van der Waals surface area contributed by atoms with Crippen molar-refractivity contribution in [1.29, 1.82) is 0 Å². The average Bonchev–Trinajstić information content (AvgIpc) is 2.28. The van der Waals surface area contributed by atoms with Crippen LogP contribution in [0, 0.1) is 0 Å². The number of aliphatic hydroxyl groups excluding tert-OH is 1. The van der Waals surface area contributed by atoms with E-state index >= 15 is 0 Å². The topological polar surface area (TPSA) is 35.5 Å². The van der Waals surface area contributed by atoms with Gasteiger partial charge in [0.2, 0.25) is 0 Å². The second-order valence-corrected chi connectivity index (χ2v) is 5.98. The molecule has 94 valence electrons. The van der Waals surface area contributed by atoms with E-state index in [-0.39, 0.29) is 12.1 Å². The van der Waals surface area contributed by atoms with Crippen LogP contribution in [0.25, 0.3) is 0 Å². The fourth-order valence-corrected chi connectivity index (χ4v) is 3.53. The van der Waals surface area contributed by atoms with Crippen molar-refractivity contribution in [2.45, 2.75) is 63.6 Å². The molecule has 2 N–H and O–H groups in total. The lowest BCUT2D eigenvalue weighted by molar-refractivity contribution is -0.0356. The average molecular weight is 226 g/mol. The monoisotopic (exact) mass is 226 g/mol. The Bertz CT molecular complexity index is 224. The second kappa shape index (κ2) is 5.03. The predicted molar refractivity (Wildman–Crippen MR) is 66.5 cm³/mol. The molecule has 0 radical (unpaired) electrons. The third kappa shape index (κ3) is 2.41. The third-order valence-electron chi connectivity index (χ3n) is 4.21. The van der Waals surface area contributed by atoms with Crippen molar-refractivity contribution >= 4 is 0 Å². The summed E-state index contributed by atoms with van der Waals surface area (Å²) in [5.74, 6) is 0. The molecule has 1 saturated carbocycles. The van der Waals surface area contributed by atoms with Crippen molar-refractivity contribution < 1.29 is 5.11 Å². The standard InChI is InChI=1S/C13H26N2O/c1-13(2)10-14-8-12(9-16)15(13)11-6-4-3-5-7-11/h11-12,14,16H,3-10H2,1-2H3. The minimum Gasteiger partial charge on any atom is -0.395 e. The zero-order chi connectivity index (χ0) is 11.6. The second-order valence-electron chi connectivity index (χ2n) is 5.98. The molecule has 3 heteroatoms. The molecular weight excluding hydrogens is 200 g/mol. The van der Waals surface area contributed by atoms with E-state index in [0.717, 1.165) is 13.1 Å². The van der Waals surface area contributed by atoms with Crippen LogP contribution in [-0.4, -0.2) is 47.3 Å². The largest absolute Gasteiger partial charge is 0.395 e. The first-order valence-electron chi connectivity index (χ1n) is 6.75. The Morgan fingerprint density at radius 2 is 1.94 bits per heavy atom. The predicted octanol–water partition coefficient (Wildman–Crippen LogP) is 1.36. The van der Waals surface area contributed by atoms with E-state index in [9.17, 15) is 5.11 Å². The summed E-state index contributed by atoms with van der Waals surface area (Å²) in [6, 6.07) is 1.01. The molecular formula is C13H26N2O. The smallest absolute Gasteiger partial charge is 0.0599 e. The molecule has 1 saturated heterocycles. The molecule has 2 fully saturated rings. The highest BCUT2D eigenvalue weighted by Crippen LogP contribution is 2.31. The van der Waals surface area contributed by atoms with Crippen LogP contribution >= 0.6 is 0 Å². The number of hydrogen-bond donors (Lipinski definition) is 2. The molecule has 0 aromatic carbocycles. The summed E-state index contributed by atoms with van der Waals surface area (Å²) in [5.41, 5.74) is 0.188. The Labute approximate surface area is 99.2 Å². The fourth-order valence-electron chi connectivity index (χ4n) is 3.53. The van der Waals surface area contributed by atoms with E-state index < -0.39 is 0 Å². The Balaban J connectivity index is 2.10. The van der Waals surface area contributed by atoms with Crippen LogP contribution in [0.15, 0.2) is 0 Å². The van der Waals surface area contributed by atoms with E-state index in [1.54, 1.807) is 0 Å². The summed E-state index contributed by atoms with van der Waals surface area (Å²) in [6.07, 6.45) is 6.76. The lowest BCUT2D eigenvalue weighted by Gasteiger charge is -2.52. The molecule has 2 aliphatic rings. The van der Waals surface area contributed by atoms with Crippen molar-refractivity contribution in [2.24, 2.45) is 0 Å². The molecule has 3 nitrogen and oxygen atoms in total. The number of hydrogen-bond acceptors (Lipinski definition) is 3. The molecule has 2 rings (SSSR count). The summed E-state index contributed by atoms with van der Waals surface area (Å²) < 4.78 is 0. The Morgan fingerprint density at radius 1 is 1.25 bits per heavy atom. The molecule has 1 unspecified atom stereocenters. The van der Waals surface area contributed by atoms with Gasteiger partial charge < -0.3 is 10.4 Å². The molecule has 1 atom stereocenters. The summed E-state index contributed by atoms with van der Waals surface area (Å²) in [4.78, 5) is 2.60. The van der Waals surface area contributed by atoms with Gasteiger partial charge >= 0.3 is 0 Å². The highest BCUT2D eigenvalue weighted by atomic mass is 16.3. The normalized spacial score (nSPS) is 32.8. The Morgan fingerprint density at radius 3 is 2.56 bits per heavy atom. The van der Waals surface area contributed by atoms with E-state index in [1.807, 2.05) is 0 Å². The number of piperazine rings is 1. The van der Waals surface area contributed by atoms with E-state index in [0.29, 0.717) is 12.1 Å². The molecule has 1 heterocycles. The van der Waals surface area contributed by atoms with Crippen LogP contribution < -0.4 is 5.32 Å². The maximum Gasteiger partial charge on any atom is 0.0599 e. The van der Waals surface area contributed by atoms with Gasteiger partial charge in [-0.15, -0.1) is 0 Å². The van der Waals surface area contributed by atoms with Gasteiger partial charge in [-0.2, -0.15) is 0 Å². The van der Waals surface area contributed by atoms with Crippen molar-refractivity contribution in [2.75, 3.05) is 19.7 Å². The zero-order valence-electron chi connectivity index (χ0n) is 10.7. The maximum atomic E-state index is 9.54. The summed E-state index contributed by atoms with van der Waals surface area (Å²) >= 11 is 0. The highest BCUT2D eigenvalue weighted by molar-refractivity contribution is 4.97. The molecule has 1 aliphatic carbocycles. The number of nitrogens with one attached hydrogen (secondary N) is 1. The van der Waals surface area contributed by atoms with Crippen LogP contribution in [-0.2, 0) is 0 Å². The molecule has 1 aliphatic heterocycles. The number of nitrogens with zero attached hydrogens (tertiary/aromatic N) is 1.